The molecular weight excluding hydrogens is 230 g/mol. The summed E-state index contributed by atoms with van der Waals surface area (Å²) in [4.78, 5) is 0. The number of amidine groups is 1. The minimum atomic E-state index is 0.448. The van der Waals surface area contributed by atoms with E-state index in [-0.39, 0.29) is 0 Å². The van der Waals surface area contributed by atoms with E-state index in [4.69, 9.17) is 17.3 Å². The van der Waals surface area contributed by atoms with Gasteiger partial charge in [0.05, 0.1) is 5.71 Å². The fourth-order valence-corrected chi connectivity index (χ4v) is 1.16. The second-order valence-electron chi connectivity index (χ2n) is 2.83. The molecule has 0 amide bonds. The molecule has 0 fully saturated rings. The molecule has 0 aliphatic carbocycles. The molecule has 1 rings (SSSR count). The maximum atomic E-state index is 5.78. The summed E-state index contributed by atoms with van der Waals surface area (Å²) in [5.74, 6) is 0. The Bertz CT molecular complexity index is 384. The Kier molecular flexibility index (Phi) is 4.65. The van der Waals surface area contributed by atoms with E-state index in [1.165, 1.54) is 11.8 Å². The Morgan fingerprint density at radius 1 is 1.27 bits per heavy atom. The minimum absolute atomic E-state index is 0.448. The van der Waals surface area contributed by atoms with Gasteiger partial charge in [0.1, 0.15) is 0 Å². The van der Waals surface area contributed by atoms with Crippen LogP contribution in [0.25, 0.3) is 0 Å². The molecule has 0 aromatic heterocycles. The van der Waals surface area contributed by atoms with Gasteiger partial charge in [-0.05, 0) is 30.9 Å². The molecule has 3 nitrogen and oxygen atoms in total. The molecule has 1 aromatic carbocycles. The van der Waals surface area contributed by atoms with Crippen LogP contribution in [-0.2, 0) is 0 Å². The first-order valence-electron chi connectivity index (χ1n) is 4.31. The van der Waals surface area contributed by atoms with Gasteiger partial charge in [-0.15, -0.1) is 5.10 Å². The quantitative estimate of drug-likeness (QED) is 0.492. The normalized spacial score (nSPS) is 13.0. The second kappa shape index (κ2) is 5.78. The number of rotatable bonds is 2. The molecule has 0 atom stereocenters. The number of nitrogens with two attached hydrogens (primary N) is 1. The smallest absolute Gasteiger partial charge is 0.180 e. The zero-order chi connectivity index (χ0) is 11.3. The van der Waals surface area contributed by atoms with Crippen LogP contribution in [0.4, 0.5) is 0 Å². The maximum Gasteiger partial charge on any atom is 0.180 e. The number of benzene rings is 1. The van der Waals surface area contributed by atoms with Crippen molar-refractivity contribution in [1.29, 1.82) is 0 Å². The molecule has 15 heavy (non-hydrogen) atoms. The van der Waals surface area contributed by atoms with Crippen LogP contribution >= 0.6 is 23.4 Å². The van der Waals surface area contributed by atoms with E-state index in [9.17, 15) is 0 Å². The summed E-state index contributed by atoms with van der Waals surface area (Å²) in [5, 5.41) is 9.02. The molecule has 0 heterocycles. The van der Waals surface area contributed by atoms with E-state index in [0.29, 0.717) is 10.2 Å². The van der Waals surface area contributed by atoms with Gasteiger partial charge in [0.25, 0.3) is 0 Å². The molecule has 0 bridgehead atoms. The molecule has 0 aliphatic heterocycles. The average Bonchev–Trinajstić information content (AvgIpc) is 2.26. The highest BCUT2D eigenvalue weighted by Crippen LogP contribution is 2.10. The third-order valence-corrected chi connectivity index (χ3v) is 2.52. The predicted molar refractivity (Wildman–Crippen MR) is 68.8 cm³/mol. The first-order chi connectivity index (χ1) is 7.13. The Balaban J connectivity index is 2.85. The van der Waals surface area contributed by atoms with Gasteiger partial charge in [0.2, 0.25) is 0 Å². The Morgan fingerprint density at radius 3 is 2.40 bits per heavy atom. The summed E-state index contributed by atoms with van der Waals surface area (Å²) < 4.78 is 0. The van der Waals surface area contributed by atoms with Crippen molar-refractivity contribution < 1.29 is 0 Å². The standard InChI is InChI=1S/C10H12ClN3S/c1-7(13-14-10(12)15-2)8-3-5-9(11)6-4-8/h3-6H,1-2H3,(H2,12,14)/b13-7+. The molecule has 1 aromatic rings. The molecular formula is C10H12ClN3S. The molecule has 80 valence electrons. The average molecular weight is 242 g/mol. The zero-order valence-electron chi connectivity index (χ0n) is 8.57. The molecule has 0 saturated carbocycles. The van der Waals surface area contributed by atoms with Crippen LogP contribution < -0.4 is 5.73 Å². The van der Waals surface area contributed by atoms with Gasteiger partial charge in [0.15, 0.2) is 5.17 Å². The van der Waals surface area contributed by atoms with Gasteiger partial charge in [0, 0.05) is 5.02 Å². The van der Waals surface area contributed by atoms with Crippen molar-refractivity contribution in [2.75, 3.05) is 6.26 Å². The summed E-state index contributed by atoms with van der Waals surface area (Å²) in [7, 11) is 0. The second-order valence-corrected chi connectivity index (χ2v) is 4.10. The predicted octanol–water partition coefficient (Wildman–Crippen LogP) is 2.74. The summed E-state index contributed by atoms with van der Waals surface area (Å²) in [6.07, 6.45) is 1.85. The molecule has 0 saturated heterocycles. The lowest BCUT2D eigenvalue weighted by atomic mass is 10.1. The maximum absolute atomic E-state index is 5.78. The van der Waals surface area contributed by atoms with Gasteiger partial charge < -0.3 is 5.73 Å². The SMILES string of the molecule is CS/C(N)=N\N=C(/C)c1ccc(Cl)cc1. The van der Waals surface area contributed by atoms with Gasteiger partial charge >= 0.3 is 0 Å². The van der Waals surface area contributed by atoms with Crippen LogP contribution in [0.15, 0.2) is 34.5 Å². The van der Waals surface area contributed by atoms with Crippen LogP contribution in [0.5, 0.6) is 0 Å². The summed E-state index contributed by atoms with van der Waals surface area (Å²) >= 11 is 7.14. The molecule has 0 spiro atoms. The van der Waals surface area contributed by atoms with E-state index >= 15 is 0 Å². The first-order valence-corrected chi connectivity index (χ1v) is 5.91. The minimum Gasteiger partial charge on any atom is -0.377 e. The third-order valence-electron chi connectivity index (χ3n) is 1.77. The highest BCUT2D eigenvalue weighted by atomic mass is 35.5. The number of hydrogen-bond acceptors (Lipinski definition) is 3. The number of hydrogen-bond donors (Lipinski definition) is 1. The van der Waals surface area contributed by atoms with E-state index in [2.05, 4.69) is 10.2 Å². The van der Waals surface area contributed by atoms with Crippen LogP contribution in [-0.4, -0.2) is 17.1 Å². The summed E-state index contributed by atoms with van der Waals surface area (Å²) in [6, 6.07) is 7.42. The van der Waals surface area contributed by atoms with Gasteiger partial charge in [-0.2, -0.15) is 5.10 Å². The van der Waals surface area contributed by atoms with E-state index in [0.717, 1.165) is 11.3 Å². The van der Waals surface area contributed by atoms with Crippen LogP contribution in [0.1, 0.15) is 12.5 Å². The van der Waals surface area contributed by atoms with E-state index < -0.39 is 0 Å². The molecule has 0 unspecified atom stereocenters. The van der Waals surface area contributed by atoms with Crippen molar-refractivity contribution in [3.63, 3.8) is 0 Å². The third kappa shape index (κ3) is 3.93. The Hall–Kier alpha value is -1.00. The molecule has 5 heteroatoms. The van der Waals surface area contributed by atoms with Gasteiger partial charge in [-0.1, -0.05) is 35.5 Å². The van der Waals surface area contributed by atoms with Crippen molar-refractivity contribution in [2.24, 2.45) is 15.9 Å². The van der Waals surface area contributed by atoms with Crippen molar-refractivity contribution in [1.82, 2.24) is 0 Å². The monoisotopic (exact) mass is 241 g/mol. The fourth-order valence-electron chi connectivity index (χ4n) is 0.914. The number of halogens is 1. The van der Waals surface area contributed by atoms with Crippen LogP contribution in [0.2, 0.25) is 5.02 Å². The van der Waals surface area contributed by atoms with E-state index in [1.807, 2.05) is 37.4 Å². The summed E-state index contributed by atoms with van der Waals surface area (Å²) in [5.41, 5.74) is 7.30. The number of nitrogens with zero attached hydrogens (tertiary/aromatic N) is 2. The van der Waals surface area contributed by atoms with Crippen molar-refractivity contribution in [3.8, 4) is 0 Å². The van der Waals surface area contributed by atoms with Gasteiger partial charge in [-0.3, -0.25) is 0 Å². The Labute approximate surface area is 98.4 Å². The zero-order valence-corrected chi connectivity index (χ0v) is 10.1. The van der Waals surface area contributed by atoms with Crippen LogP contribution in [0, 0.1) is 0 Å². The van der Waals surface area contributed by atoms with Crippen molar-refractivity contribution in [2.45, 2.75) is 6.92 Å². The van der Waals surface area contributed by atoms with E-state index in [1.54, 1.807) is 0 Å². The van der Waals surface area contributed by atoms with Crippen LogP contribution in [0.3, 0.4) is 0 Å². The molecule has 0 radical (unpaired) electrons. The topological polar surface area (TPSA) is 50.7 Å². The Morgan fingerprint density at radius 2 is 1.87 bits per heavy atom. The fraction of sp³-hybridized carbons (Fsp3) is 0.200. The lowest BCUT2D eigenvalue weighted by Crippen LogP contribution is -2.05. The largest absolute Gasteiger partial charge is 0.377 e. The highest BCUT2D eigenvalue weighted by molar-refractivity contribution is 8.13. The molecule has 0 aliphatic rings. The van der Waals surface area contributed by atoms with Crippen molar-refractivity contribution in [3.05, 3.63) is 34.9 Å². The first kappa shape index (κ1) is 12.1. The van der Waals surface area contributed by atoms with Gasteiger partial charge in [-0.25, -0.2) is 0 Å². The molecule has 2 N–H and O–H groups in total. The number of thioether (sulfide) groups is 1. The summed E-state index contributed by atoms with van der Waals surface area (Å²) in [6.45, 7) is 1.88. The highest BCUT2D eigenvalue weighted by Gasteiger charge is 1.96. The lowest BCUT2D eigenvalue weighted by molar-refractivity contribution is 1.23. The lowest BCUT2D eigenvalue weighted by Gasteiger charge is -1.98. The van der Waals surface area contributed by atoms with Crippen molar-refractivity contribution >= 4 is 34.2 Å².